The molecule has 0 aromatic carbocycles. The zero-order valence-electron chi connectivity index (χ0n) is 11.7. The Hall–Kier alpha value is -1.17. The first-order chi connectivity index (χ1) is 10.1. The maximum atomic E-state index is 13.9. The highest BCUT2D eigenvalue weighted by Gasteiger charge is 2.90. The first-order valence-corrected chi connectivity index (χ1v) is 6.18. The predicted octanol–water partition coefficient (Wildman–Crippen LogP) is 2.79. The standard InChI is InChI=1S/C11H12F8O4/c1-3-5(2)6(20)23-7(10(14,15)16)4-22-9(21,8(7,12)13)11(17,18)19/h5,21H,3-4H2,1-2H3. The molecule has 136 valence electrons. The van der Waals surface area contributed by atoms with Crippen LogP contribution in [-0.2, 0) is 14.3 Å². The lowest BCUT2D eigenvalue weighted by atomic mass is 9.91. The Labute approximate surface area is 124 Å². The summed E-state index contributed by atoms with van der Waals surface area (Å²) in [7, 11) is 0. The van der Waals surface area contributed by atoms with Gasteiger partial charge in [-0.25, -0.2) is 0 Å². The average molecular weight is 360 g/mol. The van der Waals surface area contributed by atoms with Crippen LogP contribution in [0.2, 0.25) is 0 Å². The van der Waals surface area contributed by atoms with Crippen LogP contribution in [0.15, 0.2) is 0 Å². The molecule has 12 heteroatoms. The van der Waals surface area contributed by atoms with Crippen molar-refractivity contribution in [1.29, 1.82) is 0 Å². The number of alkyl halides is 8. The Morgan fingerprint density at radius 2 is 1.70 bits per heavy atom. The molecule has 0 aliphatic carbocycles. The molecule has 0 aromatic rings. The second-order valence-corrected chi connectivity index (χ2v) is 5.06. The molecule has 1 N–H and O–H groups in total. The highest BCUT2D eigenvalue weighted by molar-refractivity contribution is 5.72. The van der Waals surface area contributed by atoms with E-state index in [9.17, 15) is 39.9 Å². The van der Waals surface area contributed by atoms with E-state index in [4.69, 9.17) is 5.11 Å². The highest BCUT2D eigenvalue weighted by atomic mass is 19.4. The Balaban J connectivity index is 3.43. The minimum Gasteiger partial charge on any atom is -0.440 e. The van der Waals surface area contributed by atoms with Gasteiger partial charge in [0.15, 0.2) is 0 Å². The molecule has 0 saturated carbocycles. The molecular formula is C11H12F8O4. The summed E-state index contributed by atoms with van der Waals surface area (Å²) in [6, 6.07) is 0. The van der Waals surface area contributed by atoms with Gasteiger partial charge in [0.25, 0.3) is 5.60 Å². The summed E-state index contributed by atoms with van der Waals surface area (Å²) < 4.78 is 112. The van der Waals surface area contributed by atoms with Crippen LogP contribution in [0.1, 0.15) is 20.3 Å². The summed E-state index contributed by atoms with van der Waals surface area (Å²) in [6.45, 7) is -0.0421. The largest absolute Gasteiger partial charge is 0.449 e. The number of rotatable bonds is 3. The van der Waals surface area contributed by atoms with E-state index in [2.05, 4.69) is 9.47 Å². The van der Waals surface area contributed by atoms with Crippen molar-refractivity contribution in [3.63, 3.8) is 0 Å². The molecule has 1 aliphatic rings. The molecule has 1 rings (SSSR count). The maximum absolute atomic E-state index is 13.9. The minimum atomic E-state index is -6.26. The van der Waals surface area contributed by atoms with Crippen LogP contribution in [0.5, 0.6) is 0 Å². The van der Waals surface area contributed by atoms with Crippen molar-refractivity contribution in [3.05, 3.63) is 0 Å². The van der Waals surface area contributed by atoms with Crippen molar-refractivity contribution in [1.82, 2.24) is 0 Å². The first kappa shape index (κ1) is 19.9. The summed E-state index contributed by atoms with van der Waals surface area (Å²) >= 11 is 0. The fourth-order valence-corrected chi connectivity index (χ4v) is 1.77. The highest BCUT2D eigenvalue weighted by Crippen LogP contribution is 2.59. The number of aliphatic hydroxyl groups is 1. The zero-order chi connectivity index (χ0) is 18.5. The second kappa shape index (κ2) is 5.43. The predicted molar refractivity (Wildman–Crippen MR) is 56.2 cm³/mol. The van der Waals surface area contributed by atoms with Gasteiger partial charge in [-0.1, -0.05) is 13.8 Å². The van der Waals surface area contributed by atoms with Crippen molar-refractivity contribution < 1.29 is 54.5 Å². The first-order valence-electron chi connectivity index (χ1n) is 6.18. The van der Waals surface area contributed by atoms with Gasteiger partial charge in [0.1, 0.15) is 6.61 Å². The normalized spacial score (nSPS) is 32.7. The van der Waals surface area contributed by atoms with Gasteiger partial charge in [0, 0.05) is 0 Å². The lowest BCUT2D eigenvalue weighted by molar-refractivity contribution is -0.421. The summed E-state index contributed by atoms with van der Waals surface area (Å²) in [5.74, 6) is -14.5. The molecule has 0 amide bonds. The van der Waals surface area contributed by atoms with Gasteiger partial charge in [-0.05, 0) is 6.42 Å². The number of hydrogen-bond acceptors (Lipinski definition) is 4. The van der Waals surface area contributed by atoms with Crippen LogP contribution < -0.4 is 0 Å². The smallest absolute Gasteiger partial charge is 0.440 e. The number of carbonyl (C=O) groups excluding carboxylic acids is 1. The summed E-state index contributed by atoms with van der Waals surface area (Å²) in [5, 5.41) is 8.97. The van der Waals surface area contributed by atoms with Crippen molar-refractivity contribution in [2.45, 2.75) is 49.9 Å². The molecule has 3 unspecified atom stereocenters. The molecule has 1 saturated heterocycles. The van der Waals surface area contributed by atoms with E-state index in [1.54, 1.807) is 0 Å². The van der Waals surface area contributed by atoms with Crippen molar-refractivity contribution in [2.24, 2.45) is 5.92 Å². The van der Waals surface area contributed by atoms with E-state index in [0.29, 0.717) is 0 Å². The third kappa shape index (κ3) is 2.65. The molecule has 3 atom stereocenters. The average Bonchev–Trinajstić information content (AvgIpc) is 2.58. The second-order valence-electron chi connectivity index (χ2n) is 5.06. The Morgan fingerprint density at radius 3 is 2.00 bits per heavy atom. The number of carbonyl (C=O) groups is 1. The van der Waals surface area contributed by atoms with Gasteiger partial charge >= 0.3 is 30.0 Å². The Bertz CT molecular complexity index is 474. The third-order valence-electron chi connectivity index (χ3n) is 3.55. The van der Waals surface area contributed by atoms with Gasteiger partial charge in [0.2, 0.25) is 0 Å². The molecule has 1 fully saturated rings. The van der Waals surface area contributed by atoms with E-state index in [1.807, 2.05) is 0 Å². The van der Waals surface area contributed by atoms with E-state index in [0.717, 1.165) is 6.92 Å². The lowest BCUT2D eigenvalue weighted by Gasteiger charge is -2.38. The SMILES string of the molecule is CCC(C)C(=O)OC1(C(F)(F)F)COC(O)(C(F)(F)F)C1(F)F. The minimum absolute atomic E-state index is 0.108. The molecule has 1 heterocycles. The number of ether oxygens (including phenoxy) is 2. The van der Waals surface area contributed by atoms with Crippen molar-refractivity contribution in [2.75, 3.05) is 6.61 Å². The van der Waals surface area contributed by atoms with Gasteiger partial charge in [-0.15, -0.1) is 0 Å². The van der Waals surface area contributed by atoms with E-state index in [-0.39, 0.29) is 6.42 Å². The van der Waals surface area contributed by atoms with Gasteiger partial charge in [-0.3, -0.25) is 4.79 Å². The van der Waals surface area contributed by atoms with Crippen molar-refractivity contribution >= 4 is 5.97 Å². The fourth-order valence-electron chi connectivity index (χ4n) is 1.77. The lowest BCUT2D eigenvalue weighted by Crippen LogP contribution is -2.69. The molecule has 23 heavy (non-hydrogen) atoms. The summed E-state index contributed by atoms with van der Waals surface area (Å²) in [6.07, 6.45) is -12.5. The molecule has 0 bridgehead atoms. The molecule has 0 spiro atoms. The Kier molecular flexibility index (Phi) is 4.69. The topological polar surface area (TPSA) is 55.8 Å². The fraction of sp³-hybridized carbons (Fsp3) is 0.909. The monoisotopic (exact) mass is 360 g/mol. The molecule has 0 aromatic heterocycles. The van der Waals surface area contributed by atoms with E-state index >= 15 is 0 Å². The van der Waals surface area contributed by atoms with Crippen LogP contribution in [0.3, 0.4) is 0 Å². The number of hydrogen-bond donors (Lipinski definition) is 1. The summed E-state index contributed by atoms with van der Waals surface area (Å²) in [4.78, 5) is 11.5. The van der Waals surface area contributed by atoms with Crippen molar-refractivity contribution in [3.8, 4) is 0 Å². The summed E-state index contributed by atoms with van der Waals surface area (Å²) in [5.41, 5.74) is -4.95. The van der Waals surface area contributed by atoms with E-state index < -0.39 is 48.2 Å². The van der Waals surface area contributed by atoms with Gasteiger partial charge < -0.3 is 14.6 Å². The quantitative estimate of drug-likeness (QED) is 0.621. The zero-order valence-corrected chi connectivity index (χ0v) is 11.7. The van der Waals surface area contributed by atoms with Crippen LogP contribution >= 0.6 is 0 Å². The van der Waals surface area contributed by atoms with Crippen LogP contribution in [-0.4, -0.2) is 47.3 Å². The third-order valence-corrected chi connectivity index (χ3v) is 3.55. The van der Waals surface area contributed by atoms with Crippen LogP contribution in [0, 0.1) is 5.92 Å². The molecule has 4 nitrogen and oxygen atoms in total. The molecular weight excluding hydrogens is 348 g/mol. The number of halogens is 8. The molecule has 1 aliphatic heterocycles. The van der Waals surface area contributed by atoms with Crippen LogP contribution in [0.4, 0.5) is 35.1 Å². The van der Waals surface area contributed by atoms with Crippen LogP contribution in [0.25, 0.3) is 0 Å². The maximum Gasteiger partial charge on any atom is 0.449 e. The van der Waals surface area contributed by atoms with E-state index in [1.165, 1.54) is 6.92 Å². The molecule has 0 radical (unpaired) electrons. The Morgan fingerprint density at radius 1 is 1.22 bits per heavy atom. The number of esters is 1. The van der Waals surface area contributed by atoms with Gasteiger partial charge in [-0.2, -0.15) is 35.1 Å². The van der Waals surface area contributed by atoms with Gasteiger partial charge in [0.05, 0.1) is 5.92 Å².